The Kier molecular flexibility index (Phi) is 7.21. The Labute approximate surface area is 210 Å². The quantitative estimate of drug-likeness (QED) is 0.239. The molecule has 0 bridgehead atoms. The predicted octanol–water partition coefficient (Wildman–Crippen LogP) is 5.62. The molecule has 1 saturated heterocycles. The van der Waals surface area contributed by atoms with Crippen molar-refractivity contribution in [3.63, 3.8) is 0 Å². The van der Waals surface area contributed by atoms with E-state index in [0.29, 0.717) is 34.8 Å². The Bertz CT molecular complexity index is 1290. The Balaban J connectivity index is 1.88. The fourth-order valence-corrected chi connectivity index (χ4v) is 4.34. The SMILES string of the molecule is CCOc1cc(C2/C(=C(/O)c3ccc(Br)cc3)C(=O)C(=O)N2Cc2ccc(F)cc2)ccc1OC. The Morgan fingerprint density at radius 2 is 1.71 bits per heavy atom. The topological polar surface area (TPSA) is 76.1 Å². The van der Waals surface area contributed by atoms with Crippen LogP contribution in [-0.4, -0.2) is 35.4 Å². The number of likely N-dealkylation sites (tertiary alicyclic amines) is 1. The maximum absolute atomic E-state index is 13.4. The third-order valence-electron chi connectivity index (χ3n) is 5.73. The van der Waals surface area contributed by atoms with E-state index in [9.17, 15) is 19.1 Å². The van der Waals surface area contributed by atoms with Gasteiger partial charge in [0.05, 0.1) is 25.3 Å². The average Bonchev–Trinajstić information content (AvgIpc) is 3.10. The van der Waals surface area contributed by atoms with Crippen molar-refractivity contribution in [2.75, 3.05) is 13.7 Å². The molecule has 0 aromatic heterocycles. The summed E-state index contributed by atoms with van der Waals surface area (Å²) < 4.78 is 25.3. The van der Waals surface area contributed by atoms with Crippen molar-refractivity contribution in [3.8, 4) is 11.5 Å². The maximum Gasteiger partial charge on any atom is 0.295 e. The minimum absolute atomic E-state index is 0.0351. The lowest BCUT2D eigenvalue weighted by Gasteiger charge is -2.26. The molecule has 1 N–H and O–H groups in total. The van der Waals surface area contributed by atoms with E-state index in [1.807, 2.05) is 6.92 Å². The molecule has 0 aliphatic carbocycles. The number of ether oxygens (including phenoxy) is 2. The smallest absolute Gasteiger partial charge is 0.295 e. The van der Waals surface area contributed by atoms with Crippen LogP contribution in [0, 0.1) is 5.82 Å². The summed E-state index contributed by atoms with van der Waals surface area (Å²) in [5, 5.41) is 11.2. The molecule has 1 aliphatic heterocycles. The van der Waals surface area contributed by atoms with Crippen LogP contribution >= 0.6 is 15.9 Å². The van der Waals surface area contributed by atoms with Gasteiger partial charge in [-0.2, -0.15) is 0 Å². The highest BCUT2D eigenvalue weighted by Crippen LogP contribution is 2.42. The highest BCUT2D eigenvalue weighted by molar-refractivity contribution is 9.10. The van der Waals surface area contributed by atoms with Crippen molar-refractivity contribution in [1.29, 1.82) is 0 Å². The molecular weight excluding hydrogens is 517 g/mol. The van der Waals surface area contributed by atoms with Gasteiger partial charge in [-0.1, -0.05) is 46.3 Å². The van der Waals surface area contributed by atoms with Crippen LogP contribution in [-0.2, 0) is 16.1 Å². The number of nitrogens with zero attached hydrogens (tertiary/aromatic N) is 1. The van der Waals surface area contributed by atoms with Crippen LogP contribution in [0.4, 0.5) is 4.39 Å². The van der Waals surface area contributed by atoms with Crippen LogP contribution in [0.1, 0.15) is 29.7 Å². The third kappa shape index (κ3) is 4.93. The zero-order valence-corrected chi connectivity index (χ0v) is 20.7. The number of aliphatic hydroxyl groups is 1. The van der Waals surface area contributed by atoms with Crippen molar-refractivity contribution in [1.82, 2.24) is 4.90 Å². The monoisotopic (exact) mass is 539 g/mol. The lowest BCUT2D eigenvalue weighted by Crippen LogP contribution is -2.29. The largest absolute Gasteiger partial charge is 0.507 e. The lowest BCUT2D eigenvalue weighted by atomic mass is 9.95. The summed E-state index contributed by atoms with van der Waals surface area (Å²) in [5.74, 6) is -1.30. The number of amides is 1. The number of rotatable bonds is 7. The average molecular weight is 540 g/mol. The van der Waals surface area contributed by atoms with Gasteiger partial charge in [0.1, 0.15) is 11.6 Å². The van der Waals surface area contributed by atoms with Crippen LogP contribution in [0.2, 0.25) is 0 Å². The molecule has 1 amide bonds. The number of hydrogen-bond donors (Lipinski definition) is 1. The zero-order valence-electron chi connectivity index (χ0n) is 19.1. The van der Waals surface area contributed by atoms with Crippen molar-refractivity contribution >= 4 is 33.4 Å². The first-order valence-electron chi connectivity index (χ1n) is 10.9. The van der Waals surface area contributed by atoms with Gasteiger partial charge in [0.2, 0.25) is 0 Å². The van der Waals surface area contributed by atoms with Gasteiger partial charge in [0.15, 0.2) is 11.5 Å². The summed E-state index contributed by atoms with van der Waals surface area (Å²) in [4.78, 5) is 27.8. The standard InChI is InChI=1S/C27H23BrFNO5/c1-3-35-22-14-18(8-13-21(22)34-2)24-23(25(31)17-6-9-19(28)10-7-17)26(32)27(33)30(24)15-16-4-11-20(29)12-5-16/h4-14,24,31H,3,15H2,1-2H3/b25-23-. The highest BCUT2D eigenvalue weighted by atomic mass is 79.9. The second-order valence-corrected chi connectivity index (χ2v) is 8.82. The normalized spacial score (nSPS) is 17.0. The summed E-state index contributed by atoms with van der Waals surface area (Å²) in [6, 6.07) is 16.7. The van der Waals surface area contributed by atoms with Gasteiger partial charge in [-0.05, 0) is 54.4 Å². The molecule has 180 valence electrons. The van der Waals surface area contributed by atoms with E-state index in [4.69, 9.17) is 9.47 Å². The molecule has 3 aromatic carbocycles. The number of methoxy groups -OCH3 is 1. The van der Waals surface area contributed by atoms with Gasteiger partial charge < -0.3 is 19.5 Å². The van der Waals surface area contributed by atoms with Gasteiger partial charge in [-0.3, -0.25) is 9.59 Å². The summed E-state index contributed by atoms with van der Waals surface area (Å²) in [5.41, 5.74) is 1.57. The zero-order chi connectivity index (χ0) is 25.1. The van der Waals surface area contributed by atoms with Crippen LogP contribution in [0.5, 0.6) is 11.5 Å². The summed E-state index contributed by atoms with van der Waals surface area (Å²) in [7, 11) is 1.52. The van der Waals surface area contributed by atoms with Crippen LogP contribution in [0.15, 0.2) is 76.8 Å². The number of carbonyl (C=O) groups is 2. The van der Waals surface area contributed by atoms with Gasteiger partial charge in [0.25, 0.3) is 11.7 Å². The molecule has 1 atom stereocenters. The predicted molar refractivity (Wildman–Crippen MR) is 133 cm³/mol. The fraction of sp³-hybridized carbons (Fsp3) is 0.185. The van der Waals surface area contributed by atoms with E-state index >= 15 is 0 Å². The minimum atomic E-state index is -0.895. The number of carbonyl (C=O) groups excluding carboxylic acids is 2. The molecule has 0 radical (unpaired) electrons. The van der Waals surface area contributed by atoms with E-state index in [-0.39, 0.29) is 17.9 Å². The summed E-state index contributed by atoms with van der Waals surface area (Å²) >= 11 is 3.36. The molecule has 1 fully saturated rings. The van der Waals surface area contributed by atoms with Crippen LogP contribution in [0.3, 0.4) is 0 Å². The van der Waals surface area contributed by atoms with E-state index < -0.39 is 23.5 Å². The second kappa shape index (κ2) is 10.3. The molecule has 0 spiro atoms. The number of benzene rings is 3. The Morgan fingerprint density at radius 3 is 2.34 bits per heavy atom. The van der Waals surface area contributed by atoms with E-state index in [0.717, 1.165) is 4.47 Å². The first-order chi connectivity index (χ1) is 16.8. The van der Waals surface area contributed by atoms with Gasteiger partial charge in [-0.25, -0.2) is 4.39 Å². The van der Waals surface area contributed by atoms with E-state index in [1.165, 1.54) is 24.1 Å². The molecule has 4 rings (SSSR count). The van der Waals surface area contributed by atoms with Crippen LogP contribution in [0.25, 0.3) is 5.76 Å². The van der Waals surface area contributed by atoms with Gasteiger partial charge >= 0.3 is 0 Å². The highest BCUT2D eigenvalue weighted by Gasteiger charge is 2.46. The molecule has 3 aromatic rings. The molecule has 1 unspecified atom stereocenters. The van der Waals surface area contributed by atoms with Gasteiger partial charge in [0, 0.05) is 16.6 Å². The number of Topliss-reactive ketones (excluding diaryl/α,β-unsaturated/α-hetero) is 1. The number of ketones is 1. The summed E-state index contributed by atoms with van der Waals surface area (Å²) in [6.07, 6.45) is 0. The van der Waals surface area contributed by atoms with Crippen molar-refractivity contribution in [3.05, 3.63) is 99.3 Å². The van der Waals surface area contributed by atoms with E-state index in [2.05, 4.69) is 15.9 Å². The number of halogens is 2. The fourth-order valence-electron chi connectivity index (χ4n) is 4.07. The molecule has 35 heavy (non-hydrogen) atoms. The van der Waals surface area contributed by atoms with Gasteiger partial charge in [-0.15, -0.1) is 0 Å². The molecular formula is C27H23BrFNO5. The first kappa shape index (κ1) is 24.5. The maximum atomic E-state index is 13.4. The lowest BCUT2D eigenvalue weighted by molar-refractivity contribution is -0.140. The number of hydrogen-bond acceptors (Lipinski definition) is 5. The van der Waals surface area contributed by atoms with Crippen molar-refractivity contribution in [2.45, 2.75) is 19.5 Å². The van der Waals surface area contributed by atoms with Crippen LogP contribution < -0.4 is 9.47 Å². The minimum Gasteiger partial charge on any atom is -0.507 e. The Morgan fingerprint density at radius 1 is 1.03 bits per heavy atom. The Hall–Kier alpha value is -3.65. The molecule has 8 heteroatoms. The molecule has 0 saturated carbocycles. The van der Waals surface area contributed by atoms with E-state index in [1.54, 1.807) is 54.6 Å². The number of aliphatic hydroxyl groups excluding tert-OH is 1. The van der Waals surface area contributed by atoms with Crippen molar-refractivity contribution in [2.24, 2.45) is 0 Å². The van der Waals surface area contributed by atoms with Crippen molar-refractivity contribution < 1.29 is 28.6 Å². The first-order valence-corrected chi connectivity index (χ1v) is 11.7. The molecule has 1 aliphatic rings. The molecule has 1 heterocycles. The second-order valence-electron chi connectivity index (χ2n) is 7.90. The molecule has 6 nitrogen and oxygen atoms in total. The third-order valence-corrected chi connectivity index (χ3v) is 6.26. The summed E-state index contributed by atoms with van der Waals surface area (Å²) in [6.45, 7) is 2.26.